The molecule has 0 spiro atoms. The minimum absolute atomic E-state index is 0.148. The summed E-state index contributed by atoms with van der Waals surface area (Å²) in [4.78, 5) is 25.7. The molecule has 1 heterocycles. The molecule has 27 heavy (non-hydrogen) atoms. The van der Waals surface area contributed by atoms with Gasteiger partial charge in [-0.1, -0.05) is 36.4 Å². The van der Waals surface area contributed by atoms with E-state index in [1.54, 1.807) is 25.1 Å². The Hall–Kier alpha value is -2.92. The van der Waals surface area contributed by atoms with Crippen molar-refractivity contribution in [2.75, 3.05) is 0 Å². The highest BCUT2D eigenvalue weighted by molar-refractivity contribution is 6.05. The van der Waals surface area contributed by atoms with E-state index in [0.717, 1.165) is 18.4 Å². The Morgan fingerprint density at radius 1 is 1.11 bits per heavy atom. The van der Waals surface area contributed by atoms with Crippen molar-refractivity contribution in [3.63, 3.8) is 0 Å². The van der Waals surface area contributed by atoms with Gasteiger partial charge in [0.2, 0.25) is 0 Å². The molecule has 2 aromatic carbocycles. The van der Waals surface area contributed by atoms with Gasteiger partial charge in [-0.15, -0.1) is 0 Å². The van der Waals surface area contributed by atoms with Gasteiger partial charge in [0.25, 0.3) is 5.91 Å². The molecule has 1 aliphatic rings. The zero-order valence-corrected chi connectivity index (χ0v) is 15.1. The Morgan fingerprint density at radius 3 is 2.59 bits per heavy atom. The summed E-state index contributed by atoms with van der Waals surface area (Å²) in [5, 5.41) is 13.2. The SMILES string of the molecule is Cc1c(-c2ccccc2)oc2c(C(=O)N[C@@H]3CCC[C@H]3O)cccc2c1=O. The third kappa shape index (κ3) is 3.15. The summed E-state index contributed by atoms with van der Waals surface area (Å²) >= 11 is 0. The van der Waals surface area contributed by atoms with Gasteiger partial charge in [-0.3, -0.25) is 9.59 Å². The molecule has 138 valence electrons. The van der Waals surface area contributed by atoms with Crippen LogP contribution in [0.15, 0.2) is 57.7 Å². The number of fused-ring (bicyclic) bond motifs is 1. The van der Waals surface area contributed by atoms with Crippen LogP contribution in [0.4, 0.5) is 0 Å². The zero-order chi connectivity index (χ0) is 19.0. The van der Waals surface area contributed by atoms with E-state index in [9.17, 15) is 14.7 Å². The van der Waals surface area contributed by atoms with Crippen molar-refractivity contribution in [3.05, 3.63) is 69.9 Å². The summed E-state index contributed by atoms with van der Waals surface area (Å²) in [6, 6.07) is 14.1. The molecular weight excluding hydrogens is 342 g/mol. The number of hydrogen-bond acceptors (Lipinski definition) is 4. The van der Waals surface area contributed by atoms with Crippen LogP contribution in [-0.4, -0.2) is 23.2 Å². The monoisotopic (exact) mass is 363 g/mol. The number of aliphatic hydroxyl groups is 1. The number of aliphatic hydroxyl groups excluding tert-OH is 1. The number of carbonyl (C=O) groups excluding carboxylic acids is 1. The molecule has 3 aromatic rings. The van der Waals surface area contributed by atoms with E-state index in [1.807, 2.05) is 30.3 Å². The largest absolute Gasteiger partial charge is 0.455 e. The predicted molar refractivity (Wildman–Crippen MR) is 104 cm³/mol. The lowest BCUT2D eigenvalue weighted by atomic mass is 10.0. The molecule has 0 unspecified atom stereocenters. The van der Waals surface area contributed by atoms with Crippen LogP contribution in [0.2, 0.25) is 0 Å². The Labute approximate surface area is 156 Å². The third-order valence-electron chi connectivity index (χ3n) is 5.22. The highest BCUT2D eigenvalue weighted by atomic mass is 16.3. The first-order valence-corrected chi connectivity index (χ1v) is 9.17. The summed E-state index contributed by atoms with van der Waals surface area (Å²) in [5.41, 5.74) is 1.73. The molecular formula is C22H21NO4. The topological polar surface area (TPSA) is 79.5 Å². The van der Waals surface area contributed by atoms with Crippen LogP contribution in [-0.2, 0) is 0 Å². The van der Waals surface area contributed by atoms with Gasteiger partial charge in [0.1, 0.15) is 5.76 Å². The zero-order valence-electron chi connectivity index (χ0n) is 15.1. The first-order valence-electron chi connectivity index (χ1n) is 9.17. The predicted octanol–water partition coefficient (Wildman–Crippen LogP) is 3.41. The van der Waals surface area contributed by atoms with E-state index in [-0.39, 0.29) is 23.0 Å². The average Bonchev–Trinajstić information content (AvgIpc) is 3.09. The summed E-state index contributed by atoms with van der Waals surface area (Å²) < 4.78 is 6.08. The minimum atomic E-state index is -0.530. The standard InChI is InChI=1S/C22H21NO4/c1-13-19(25)15-9-5-10-16(22(26)23-17-11-6-12-18(17)24)21(15)27-20(13)14-7-3-2-4-8-14/h2-5,7-10,17-18,24H,6,11-12H2,1H3,(H,23,26)/t17-,18-/m1/s1. The number of amides is 1. The van der Waals surface area contributed by atoms with E-state index in [1.165, 1.54) is 0 Å². The minimum Gasteiger partial charge on any atom is -0.455 e. The van der Waals surface area contributed by atoms with E-state index >= 15 is 0 Å². The lowest BCUT2D eigenvalue weighted by Crippen LogP contribution is -2.39. The highest BCUT2D eigenvalue weighted by Gasteiger charge is 2.28. The first-order chi connectivity index (χ1) is 13.1. The van der Waals surface area contributed by atoms with E-state index in [0.29, 0.717) is 28.7 Å². The summed E-state index contributed by atoms with van der Waals surface area (Å²) in [6.07, 6.45) is 1.79. The number of hydrogen-bond donors (Lipinski definition) is 2. The van der Waals surface area contributed by atoms with Gasteiger partial charge < -0.3 is 14.8 Å². The third-order valence-corrected chi connectivity index (χ3v) is 5.22. The van der Waals surface area contributed by atoms with Gasteiger partial charge in [0.05, 0.1) is 23.1 Å². The fourth-order valence-electron chi connectivity index (χ4n) is 3.71. The molecule has 0 radical (unpaired) electrons. The van der Waals surface area contributed by atoms with Gasteiger partial charge in [0.15, 0.2) is 11.0 Å². The van der Waals surface area contributed by atoms with Crippen LogP contribution in [0, 0.1) is 6.92 Å². The molecule has 2 atom stereocenters. The number of nitrogens with one attached hydrogen (secondary N) is 1. The van der Waals surface area contributed by atoms with E-state index < -0.39 is 6.10 Å². The average molecular weight is 363 g/mol. The maximum atomic E-state index is 12.9. The smallest absolute Gasteiger partial charge is 0.255 e. The molecule has 1 fully saturated rings. The quantitative estimate of drug-likeness (QED) is 0.747. The molecule has 2 N–H and O–H groups in total. The maximum absolute atomic E-state index is 12.9. The van der Waals surface area contributed by atoms with Crippen LogP contribution < -0.4 is 10.7 Å². The van der Waals surface area contributed by atoms with Crippen molar-refractivity contribution in [2.45, 2.75) is 38.3 Å². The van der Waals surface area contributed by atoms with Crippen molar-refractivity contribution in [1.82, 2.24) is 5.32 Å². The van der Waals surface area contributed by atoms with Gasteiger partial charge in [-0.25, -0.2) is 0 Å². The molecule has 5 heteroatoms. The van der Waals surface area contributed by atoms with Crippen LogP contribution in [0.5, 0.6) is 0 Å². The van der Waals surface area contributed by atoms with Crippen molar-refractivity contribution >= 4 is 16.9 Å². The lowest BCUT2D eigenvalue weighted by Gasteiger charge is -2.17. The number of carbonyl (C=O) groups is 1. The van der Waals surface area contributed by atoms with Crippen LogP contribution in [0.3, 0.4) is 0 Å². The second kappa shape index (κ2) is 7.00. The molecule has 1 amide bonds. The molecule has 1 saturated carbocycles. The molecule has 0 aliphatic heterocycles. The van der Waals surface area contributed by atoms with Crippen molar-refractivity contribution in [2.24, 2.45) is 0 Å². The van der Waals surface area contributed by atoms with Gasteiger partial charge >= 0.3 is 0 Å². The van der Waals surface area contributed by atoms with Crippen molar-refractivity contribution in [1.29, 1.82) is 0 Å². The van der Waals surface area contributed by atoms with Crippen LogP contribution >= 0.6 is 0 Å². The summed E-state index contributed by atoms with van der Waals surface area (Å²) in [7, 11) is 0. The van der Waals surface area contributed by atoms with Crippen molar-refractivity contribution in [3.8, 4) is 11.3 Å². The maximum Gasteiger partial charge on any atom is 0.255 e. The fraction of sp³-hybridized carbons (Fsp3) is 0.273. The van der Waals surface area contributed by atoms with Gasteiger partial charge in [-0.2, -0.15) is 0 Å². The van der Waals surface area contributed by atoms with Gasteiger partial charge in [0, 0.05) is 11.1 Å². The van der Waals surface area contributed by atoms with Gasteiger partial charge in [-0.05, 0) is 38.3 Å². The Balaban J connectivity index is 1.83. The second-order valence-corrected chi connectivity index (χ2v) is 7.01. The van der Waals surface area contributed by atoms with Crippen LogP contribution in [0.1, 0.15) is 35.2 Å². The number of rotatable bonds is 3. The summed E-state index contributed by atoms with van der Waals surface area (Å²) in [5.74, 6) is 0.131. The molecule has 1 aromatic heterocycles. The van der Waals surface area contributed by atoms with Crippen molar-refractivity contribution < 1.29 is 14.3 Å². The molecule has 0 bridgehead atoms. The van der Waals surface area contributed by atoms with E-state index in [4.69, 9.17) is 4.42 Å². The molecule has 4 rings (SSSR count). The Morgan fingerprint density at radius 2 is 1.89 bits per heavy atom. The fourth-order valence-corrected chi connectivity index (χ4v) is 3.71. The first kappa shape index (κ1) is 17.5. The molecule has 1 aliphatic carbocycles. The second-order valence-electron chi connectivity index (χ2n) is 7.01. The lowest BCUT2D eigenvalue weighted by molar-refractivity contribution is 0.0874. The molecule has 5 nitrogen and oxygen atoms in total. The van der Waals surface area contributed by atoms with Crippen LogP contribution in [0.25, 0.3) is 22.3 Å². The summed E-state index contributed by atoms with van der Waals surface area (Å²) in [6.45, 7) is 1.73. The molecule has 0 saturated heterocycles. The number of benzene rings is 2. The Bertz CT molecular complexity index is 1060. The normalized spacial score (nSPS) is 19.3. The van der Waals surface area contributed by atoms with E-state index in [2.05, 4.69) is 5.32 Å². The number of para-hydroxylation sites is 1. The highest BCUT2D eigenvalue weighted by Crippen LogP contribution is 2.27. The Kier molecular flexibility index (Phi) is 4.54.